The maximum absolute atomic E-state index is 3.87. The van der Waals surface area contributed by atoms with E-state index in [1.807, 2.05) is 4.68 Å². The molecule has 0 saturated carbocycles. The summed E-state index contributed by atoms with van der Waals surface area (Å²) in [4.78, 5) is 3.73. The van der Waals surface area contributed by atoms with Crippen LogP contribution in [0.4, 0.5) is 0 Å². The number of aryl methyl sites for hydroxylation is 1. The van der Waals surface area contributed by atoms with Crippen molar-refractivity contribution < 1.29 is 0 Å². The second-order valence-corrected chi connectivity index (χ2v) is 2.31. The van der Waals surface area contributed by atoms with Crippen LogP contribution in [0.3, 0.4) is 0 Å². The maximum atomic E-state index is 3.87. The number of rotatable bonds is 4. The summed E-state index contributed by atoms with van der Waals surface area (Å²) in [6.45, 7) is 3.16. The van der Waals surface area contributed by atoms with Crippen molar-refractivity contribution in [2.45, 2.75) is 32.7 Å². The Morgan fingerprint density at radius 2 is 2.40 bits per heavy atom. The summed E-state index contributed by atoms with van der Waals surface area (Å²) in [5.74, 6) is 0. The SMILES string of the molecule is CCCCCn1cn[c]n1. The molecule has 1 heterocycles. The average Bonchev–Trinajstić information content (AvgIpc) is 2.41. The Morgan fingerprint density at radius 1 is 1.50 bits per heavy atom. The molecule has 0 fully saturated rings. The molecule has 0 bridgehead atoms. The minimum absolute atomic E-state index is 0.977. The normalized spacial score (nSPS) is 10.1. The van der Waals surface area contributed by atoms with Gasteiger partial charge in [-0.2, -0.15) is 0 Å². The molecular weight excluding hydrogens is 126 g/mol. The Hall–Kier alpha value is -0.860. The molecule has 1 aromatic rings. The minimum Gasteiger partial charge on any atom is -0.252 e. The van der Waals surface area contributed by atoms with E-state index in [-0.39, 0.29) is 0 Å². The standard InChI is InChI=1S/C7H12N3/c1-2-3-4-5-10-7-8-6-9-10/h7H,2-5H2,1H3. The van der Waals surface area contributed by atoms with Crippen LogP contribution in [0.5, 0.6) is 0 Å². The van der Waals surface area contributed by atoms with E-state index in [0.717, 1.165) is 6.54 Å². The monoisotopic (exact) mass is 138 g/mol. The van der Waals surface area contributed by atoms with E-state index in [2.05, 4.69) is 23.3 Å². The van der Waals surface area contributed by atoms with Gasteiger partial charge in [-0.25, -0.2) is 4.98 Å². The number of nitrogens with zero attached hydrogens (tertiary/aromatic N) is 3. The molecule has 10 heavy (non-hydrogen) atoms. The Balaban J connectivity index is 2.15. The van der Waals surface area contributed by atoms with Gasteiger partial charge in [0.15, 0.2) is 0 Å². The molecule has 3 heteroatoms. The van der Waals surface area contributed by atoms with Crippen LogP contribution in [0, 0.1) is 6.33 Å². The third-order valence-electron chi connectivity index (χ3n) is 1.41. The van der Waals surface area contributed by atoms with Gasteiger partial charge >= 0.3 is 0 Å². The minimum atomic E-state index is 0.977. The van der Waals surface area contributed by atoms with Gasteiger partial charge in [0.2, 0.25) is 6.33 Å². The molecule has 0 amide bonds. The first-order chi connectivity index (χ1) is 4.93. The number of hydrogen-bond acceptors (Lipinski definition) is 2. The molecule has 0 aliphatic heterocycles. The second-order valence-electron chi connectivity index (χ2n) is 2.31. The fourth-order valence-corrected chi connectivity index (χ4v) is 0.833. The van der Waals surface area contributed by atoms with Gasteiger partial charge in [-0.05, 0) is 6.42 Å². The highest BCUT2D eigenvalue weighted by Crippen LogP contribution is 1.95. The van der Waals surface area contributed by atoms with Gasteiger partial charge < -0.3 is 0 Å². The summed E-state index contributed by atoms with van der Waals surface area (Å²) in [5.41, 5.74) is 0. The van der Waals surface area contributed by atoms with E-state index in [1.54, 1.807) is 6.33 Å². The number of hydrogen-bond donors (Lipinski definition) is 0. The van der Waals surface area contributed by atoms with E-state index in [0.29, 0.717) is 0 Å². The van der Waals surface area contributed by atoms with E-state index in [1.165, 1.54) is 19.3 Å². The maximum Gasteiger partial charge on any atom is 0.220 e. The highest BCUT2D eigenvalue weighted by Gasteiger charge is 1.89. The van der Waals surface area contributed by atoms with Crippen LogP contribution in [0.15, 0.2) is 6.33 Å². The molecule has 1 rings (SSSR count). The fourth-order valence-electron chi connectivity index (χ4n) is 0.833. The van der Waals surface area contributed by atoms with Gasteiger partial charge in [-0.3, -0.25) is 4.68 Å². The molecule has 3 nitrogen and oxygen atoms in total. The summed E-state index contributed by atoms with van der Waals surface area (Å²) in [6, 6.07) is 0. The van der Waals surface area contributed by atoms with Crippen LogP contribution >= 0.6 is 0 Å². The molecule has 0 N–H and O–H groups in total. The zero-order chi connectivity index (χ0) is 7.23. The third-order valence-corrected chi connectivity index (χ3v) is 1.41. The Kier molecular flexibility index (Phi) is 2.93. The molecule has 55 valence electrons. The van der Waals surface area contributed by atoms with Crippen molar-refractivity contribution >= 4 is 0 Å². The Bertz CT molecular complexity index is 157. The van der Waals surface area contributed by atoms with E-state index in [9.17, 15) is 0 Å². The lowest BCUT2D eigenvalue weighted by Crippen LogP contribution is -1.97. The lowest BCUT2D eigenvalue weighted by Gasteiger charge is -1.96. The predicted molar refractivity (Wildman–Crippen MR) is 38.4 cm³/mol. The molecule has 0 atom stereocenters. The first-order valence-electron chi connectivity index (χ1n) is 3.69. The Labute approximate surface area is 61.1 Å². The summed E-state index contributed by atoms with van der Waals surface area (Å²) in [6.07, 6.45) is 7.92. The van der Waals surface area contributed by atoms with Crippen LogP contribution < -0.4 is 0 Å². The average molecular weight is 138 g/mol. The van der Waals surface area contributed by atoms with E-state index < -0.39 is 0 Å². The van der Waals surface area contributed by atoms with Crippen LogP contribution in [0.25, 0.3) is 0 Å². The van der Waals surface area contributed by atoms with Gasteiger partial charge in [-0.1, -0.05) is 19.8 Å². The van der Waals surface area contributed by atoms with Crippen molar-refractivity contribution in [3.63, 3.8) is 0 Å². The van der Waals surface area contributed by atoms with E-state index >= 15 is 0 Å². The van der Waals surface area contributed by atoms with Crippen molar-refractivity contribution in [1.82, 2.24) is 14.8 Å². The van der Waals surface area contributed by atoms with Gasteiger partial charge in [0.25, 0.3) is 0 Å². The van der Waals surface area contributed by atoms with Gasteiger partial charge in [0.1, 0.15) is 6.33 Å². The highest BCUT2D eigenvalue weighted by atomic mass is 15.3. The van der Waals surface area contributed by atoms with Crippen LogP contribution in [-0.4, -0.2) is 14.8 Å². The van der Waals surface area contributed by atoms with Crippen molar-refractivity contribution in [3.8, 4) is 0 Å². The highest BCUT2D eigenvalue weighted by molar-refractivity contribution is 4.53. The molecule has 0 unspecified atom stereocenters. The molecular formula is C7H12N3. The molecule has 0 aromatic carbocycles. The van der Waals surface area contributed by atoms with E-state index in [4.69, 9.17) is 0 Å². The van der Waals surface area contributed by atoms with Crippen molar-refractivity contribution in [3.05, 3.63) is 12.7 Å². The molecule has 1 aromatic heterocycles. The summed E-state index contributed by atoms with van der Waals surface area (Å²) < 4.78 is 1.82. The van der Waals surface area contributed by atoms with Crippen molar-refractivity contribution in [2.24, 2.45) is 0 Å². The summed E-state index contributed by atoms with van der Waals surface area (Å²) in [7, 11) is 0. The quantitative estimate of drug-likeness (QED) is 0.586. The third kappa shape index (κ3) is 2.17. The number of aromatic nitrogens is 3. The van der Waals surface area contributed by atoms with Crippen molar-refractivity contribution in [2.75, 3.05) is 0 Å². The fraction of sp³-hybridized carbons (Fsp3) is 0.714. The largest absolute Gasteiger partial charge is 0.252 e. The topological polar surface area (TPSA) is 30.7 Å². The predicted octanol–water partition coefficient (Wildman–Crippen LogP) is 1.27. The molecule has 0 saturated heterocycles. The van der Waals surface area contributed by atoms with Gasteiger partial charge in [0, 0.05) is 6.54 Å². The smallest absolute Gasteiger partial charge is 0.220 e. The first-order valence-corrected chi connectivity index (χ1v) is 3.69. The van der Waals surface area contributed by atoms with Crippen LogP contribution in [-0.2, 0) is 6.54 Å². The second kappa shape index (κ2) is 4.04. The van der Waals surface area contributed by atoms with Crippen molar-refractivity contribution in [1.29, 1.82) is 0 Å². The first kappa shape index (κ1) is 7.25. The Morgan fingerprint density at radius 3 is 3.00 bits per heavy atom. The number of unbranched alkanes of at least 4 members (excludes halogenated alkanes) is 2. The lowest BCUT2D eigenvalue weighted by atomic mass is 10.2. The molecule has 0 aliphatic carbocycles. The molecule has 1 radical (unpaired) electrons. The zero-order valence-corrected chi connectivity index (χ0v) is 6.25. The van der Waals surface area contributed by atoms with Crippen LogP contribution in [0.2, 0.25) is 0 Å². The van der Waals surface area contributed by atoms with Gasteiger partial charge in [-0.15, -0.1) is 5.10 Å². The van der Waals surface area contributed by atoms with Gasteiger partial charge in [0.05, 0.1) is 0 Å². The summed E-state index contributed by atoms with van der Waals surface area (Å²) >= 11 is 0. The molecule has 0 aliphatic rings. The zero-order valence-electron chi connectivity index (χ0n) is 6.25. The lowest BCUT2D eigenvalue weighted by molar-refractivity contribution is 0.551. The van der Waals surface area contributed by atoms with Crippen LogP contribution in [0.1, 0.15) is 26.2 Å². The summed E-state index contributed by atoms with van der Waals surface area (Å²) in [5, 5.41) is 3.87. The molecule has 0 spiro atoms.